The van der Waals surface area contributed by atoms with Crippen molar-refractivity contribution in [3.8, 4) is 33.4 Å². The Labute approximate surface area is 369 Å². The van der Waals surface area contributed by atoms with Crippen LogP contribution in [0.1, 0.15) is 90.5 Å². The van der Waals surface area contributed by atoms with E-state index in [9.17, 15) is 5.11 Å². The van der Waals surface area contributed by atoms with Crippen LogP contribution in [-0.2, 0) is 11.0 Å². The summed E-state index contributed by atoms with van der Waals surface area (Å²) in [6.07, 6.45) is 13.6. The molecule has 3 atom stereocenters. The van der Waals surface area contributed by atoms with Gasteiger partial charge < -0.3 is 10.0 Å². The average Bonchev–Trinajstić information content (AvgIpc) is 3.68. The Bertz CT molecular complexity index is 2850. The topological polar surface area (TPSA) is 23.5 Å². The summed E-state index contributed by atoms with van der Waals surface area (Å²) in [6.45, 7) is 18.7. The van der Waals surface area contributed by atoms with Gasteiger partial charge in [0.15, 0.2) is 0 Å². The van der Waals surface area contributed by atoms with E-state index in [0.29, 0.717) is 5.92 Å². The summed E-state index contributed by atoms with van der Waals surface area (Å²) in [7, 11) is 0. The van der Waals surface area contributed by atoms with Crippen LogP contribution in [0.3, 0.4) is 0 Å². The quantitative estimate of drug-likeness (QED) is 0.181. The van der Waals surface area contributed by atoms with Crippen molar-refractivity contribution < 1.29 is 5.11 Å². The van der Waals surface area contributed by atoms with Crippen molar-refractivity contribution in [1.29, 1.82) is 0 Å². The predicted molar refractivity (Wildman–Crippen MR) is 261 cm³/mol. The highest BCUT2D eigenvalue weighted by Crippen LogP contribution is 2.60. The smallest absolute Gasteiger partial charge is 0.140 e. The van der Waals surface area contributed by atoms with Crippen LogP contribution < -0.4 is 4.90 Å². The van der Waals surface area contributed by atoms with Gasteiger partial charge in [0.05, 0.1) is 5.69 Å². The third-order valence-corrected chi connectivity index (χ3v) is 14.6. The number of aliphatic hydroxyl groups is 1. The first-order chi connectivity index (χ1) is 29.7. The maximum absolute atomic E-state index is 14.4. The zero-order valence-electron chi connectivity index (χ0n) is 37.6. The molecular weight excluding hydrogens is 751 g/mol. The van der Waals surface area contributed by atoms with Crippen molar-refractivity contribution in [2.24, 2.45) is 22.7 Å². The minimum Gasteiger partial charge on any atom is -0.376 e. The summed E-state index contributed by atoms with van der Waals surface area (Å²) < 4.78 is 0. The van der Waals surface area contributed by atoms with Crippen molar-refractivity contribution in [1.82, 2.24) is 0 Å². The summed E-state index contributed by atoms with van der Waals surface area (Å²) in [6, 6.07) is 50.7. The summed E-state index contributed by atoms with van der Waals surface area (Å²) in [5, 5.41) is 14.4. The highest BCUT2D eigenvalue weighted by molar-refractivity contribution is 5.93. The monoisotopic (exact) mass is 809 g/mol. The van der Waals surface area contributed by atoms with Crippen molar-refractivity contribution in [2.45, 2.75) is 79.2 Å². The molecule has 0 aromatic heterocycles. The van der Waals surface area contributed by atoms with Gasteiger partial charge in [0.25, 0.3) is 0 Å². The van der Waals surface area contributed by atoms with E-state index < -0.39 is 5.60 Å². The summed E-state index contributed by atoms with van der Waals surface area (Å²) >= 11 is 0. The fourth-order valence-corrected chi connectivity index (χ4v) is 10.9. The number of benzene rings is 6. The van der Waals surface area contributed by atoms with Crippen LogP contribution >= 0.6 is 0 Å². The van der Waals surface area contributed by atoms with Crippen molar-refractivity contribution in [2.75, 3.05) is 4.90 Å². The van der Waals surface area contributed by atoms with Crippen LogP contribution in [0.15, 0.2) is 187 Å². The predicted octanol–water partition coefficient (Wildman–Crippen LogP) is 15.8. The SMILES string of the molecule is CC1(C)c2ccccc2-c2ccc(N(c3ccc(-c4ccccc4)cc3)c3cccc4c3C(O)(C3=C(C5=CCC(C(C)(C)C)C=C5)C=CC(C(C)(C)C)C3)c3ccccc3-4)cc21. The van der Waals surface area contributed by atoms with Gasteiger partial charge in [-0.15, -0.1) is 0 Å². The lowest BCUT2D eigenvalue weighted by atomic mass is 9.67. The zero-order chi connectivity index (χ0) is 43.2. The molecule has 6 aromatic carbocycles. The second-order valence-electron chi connectivity index (χ2n) is 20.8. The van der Waals surface area contributed by atoms with Crippen LogP contribution in [0.5, 0.6) is 0 Å². The minimum absolute atomic E-state index is 0.000439. The third-order valence-electron chi connectivity index (χ3n) is 14.6. The van der Waals surface area contributed by atoms with E-state index in [1.165, 1.54) is 39.0 Å². The van der Waals surface area contributed by atoms with Crippen LogP contribution in [0.4, 0.5) is 17.1 Å². The molecule has 2 heteroatoms. The maximum Gasteiger partial charge on any atom is 0.140 e. The van der Waals surface area contributed by atoms with E-state index in [4.69, 9.17) is 0 Å². The number of nitrogens with zero attached hydrogens (tertiary/aromatic N) is 1. The standard InChI is InChI=1S/C60H59NO/c1-57(2,3)42-29-25-41(26-30-42)46-35-31-43(58(4,5)6)37-54(46)60(62)52-23-15-13-20-48(52)50-21-16-24-55(56(50)60)61(44-32-27-40(28-33-44)39-17-10-9-11-18-39)45-34-36-49-47-19-12-14-22-51(47)59(7,8)53(49)38-45/h9-29,31-36,38,42-43,62H,30,37H2,1-8H3. The third kappa shape index (κ3) is 6.41. The molecule has 6 aromatic rings. The maximum atomic E-state index is 14.4. The summed E-state index contributed by atoms with van der Waals surface area (Å²) in [5.41, 5.74) is 16.8. The van der Waals surface area contributed by atoms with E-state index in [1.807, 2.05) is 0 Å². The number of hydrogen-bond donors (Lipinski definition) is 1. The minimum atomic E-state index is -1.41. The molecule has 3 unspecified atom stereocenters. The average molecular weight is 810 g/mol. The summed E-state index contributed by atoms with van der Waals surface area (Å²) in [4.78, 5) is 2.41. The van der Waals surface area contributed by atoms with E-state index in [0.717, 1.165) is 63.3 Å². The Morgan fingerprint density at radius 3 is 1.81 bits per heavy atom. The lowest BCUT2D eigenvalue weighted by molar-refractivity contribution is 0.114. The molecular formula is C60H59NO. The zero-order valence-corrected chi connectivity index (χ0v) is 37.6. The molecule has 62 heavy (non-hydrogen) atoms. The number of anilines is 3. The largest absolute Gasteiger partial charge is 0.376 e. The molecule has 1 N–H and O–H groups in total. The molecule has 0 saturated heterocycles. The van der Waals surface area contributed by atoms with Crippen LogP contribution in [-0.4, -0.2) is 5.11 Å². The molecule has 0 fully saturated rings. The van der Waals surface area contributed by atoms with Crippen LogP contribution in [0, 0.1) is 22.7 Å². The number of rotatable bonds is 6. The van der Waals surface area contributed by atoms with Gasteiger partial charge in [-0.25, -0.2) is 0 Å². The Morgan fingerprint density at radius 2 is 1.13 bits per heavy atom. The van der Waals surface area contributed by atoms with Gasteiger partial charge in [0, 0.05) is 27.9 Å². The van der Waals surface area contributed by atoms with Crippen LogP contribution in [0.2, 0.25) is 0 Å². The fraction of sp³-hybridized carbons (Fsp3) is 0.267. The number of fused-ring (bicyclic) bond motifs is 6. The highest BCUT2D eigenvalue weighted by atomic mass is 16.3. The lowest BCUT2D eigenvalue weighted by Crippen LogP contribution is -2.34. The highest BCUT2D eigenvalue weighted by Gasteiger charge is 2.50. The molecule has 0 radical (unpaired) electrons. The molecule has 0 saturated carbocycles. The molecule has 2 nitrogen and oxygen atoms in total. The van der Waals surface area contributed by atoms with Gasteiger partial charge >= 0.3 is 0 Å². The molecule has 4 aliphatic rings. The Morgan fingerprint density at radius 1 is 0.548 bits per heavy atom. The second kappa shape index (κ2) is 14.6. The van der Waals surface area contributed by atoms with Gasteiger partial charge in [-0.05, 0) is 127 Å². The van der Waals surface area contributed by atoms with Gasteiger partial charge in [0.1, 0.15) is 5.60 Å². The fourth-order valence-electron chi connectivity index (χ4n) is 10.9. The second-order valence-corrected chi connectivity index (χ2v) is 20.8. The Hall–Kier alpha value is -5.96. The van der Waals surface area contributed by atoms with E-state index >= 15 is 0 Å². The van der Waals surface area contributed by atoms with E-state index in [1.54, 1.807) is 0 Å². The first kappa shape index (κ1) is 40.1. The van der Waals surface area contributed by atoms with Crippen molar-refractivity contribution in [3.05, 3.63) is 209 Å². The van der Waals surface area contributed by atoms with E-state index in [-0.39, 0.29) is 22.2 Å². The van der Waals surface area contributed by atoms with Crippen molar-refractivity contribution >= 4 is 17.1 Å². The lowest BCUT2D eigenvalue weighted by Gasteiger charge is -2.41. The van der Waals surface area contributed by atoms with Crippen LogP contribution in [0.25, 0.3) is 33.4 Å². The normalized spacial score (nSPS) is 21.0. The number of allylic oxidation sites excluding steroid dienone is 7. The molecule has 0 aliphatic heterocycles. The first-order valence-electron chi connectivity index (χ1n) is 22.6. The van der Waals surface area contributed by atoms with E-state index in [2.05, 4.69) is 230 Å². The van der Waals surface area contributed by atoms with Crippen molar-refractivity contribution in [3.63, 3.8) is 0 Å². The first-order valence-corrected chi connectivity index (χ1v) is 22.6. The molecule has 0 amide bonds. The number of hydrogen-bond acceptors (Lipinski definition) is 2. The van der Waals surface area contributed by atoms with Gasteiger partial charge in [-0.2, -0.15) is 0 Å². The molecule has 0 spiro atoms. The molecule has 0 bridgehead atoms. The Balaban J connectivity index is 1.22. The summed E-state index contributed by atoms with van der Waals surface area (Å²) in [5.74, 6) is 0.700. The van der Waals surface area contributed by atoms with Gasteiger partial charge in [0.2, 0.25) is 0 Å². The van der Waals surface area contributed by atoms with Gasteiger partial charge in [-0.3, -0.25) is 0 Å². The Kier molecular flexibility index (Phi) is 9.43. The molecule has 310 valence electrons. The molecule has 0 heterocycles. The molecule has 4 aliphatic carbocycles. The van der Waals surface area contributed by atoms with Gasteiger partial charge in [-0.1, -0.05) is 195 Å². The molecule has 10 rings (SSSR count).